The fourth-order valence-electron chi connectivity index (χ4n) is 5.12. The summed E-state index contributed by atoms with van der Waals surface area (Å²) in [6.45, 7) is 7.97. The Morgan fingerprint density at radius 2 is 0.417 bits per heavy atom. The van der Waals surface area contributed by atoms with Crippen LogP contribution in [0.2, 0.25) is 0 Å². The minimum absolute atomic E-state index is 0.774. The molecule has 0 heterocycles. The quantitative estimate of drug-likeness (QED) is 0.0817. The highest BCUT2D eigenvalue weighted by Gasteiger charge is 1.97. The predicted molar refractivity (Wildman–Crippen MR) is 162 cm³/mol. The molecule has 0 spiro atoms. The molecule has 2 nitrogen and oxygen atoms in total. The van der Waals surface area contributed by atoms with Crippen molar-refractivity contribution in [3.63, 3.8) is 0 Å². The van der Waals surface area contributed by atoms with E-state index in [9.17, 15) is 0 Å². The third-order valence-electron chi connectivity index (χ3n) is 7.66. The Labute approximate surface area is 229 Å². The van der Waals surface area contributed by atoms with Crippen molar-refractivity contribution in [3.8, 4) is 0 Å². The molecular formula is C34H70O2. The Bertz CT molecular complexity index is 323. The van der Waals surface area contributed by atoms with E-state index in [0.717, 1.165) is 26.4 Å². The zero-order chi connectivity index (χ0) is 26.0. The molecule has 0 amide bonds. The average molecular weight is 511 g/mol. The predicted octanol–water partition coefficient (Wildman–Crippen LogP) is 12.0. The van der Waals surface area contributed by atoms with Crippen molar-refractivity contribution in [1.29, 1.82) is 0 Å². The zero-order valence-electron chi connectivity index (χ0n) is 25.4. The number of hydrogen-bond donors (Lipinski definition) is 0. The first-order valence-corrected chi connectivity index (χ1v) is 17.1. The first-order chi connectivity index (χ1) is 17.9. The molecule has 0 aliphatic rings. The summed E-state index contributed by atoms with van der Waals surface area (Å²) in [5, 5.41) is 0. The average Bonchev–Trinajstić information content (AvgIpc) is 2.89. The van der Waals surface area contributed by atoms with Crippen LogP contribution in [0.15, 0.2) is 0 Å². The maximum atomic E-state index is 5.74. The van der Waals surface area contributed by atoms with Crippen LogP contribution >= 0.6 is 0 Å². The topological polar surface area (TPSA) is 18.5 Å². The van der Waals surface area contributed by atoms with Crippen molar-refractivity contribution in [2.45, 2.75) is 194 Å². The highest BCUT2D eigenvalue weighted by Crippen LogP contribution is 2.14. The number of ether oxygens (including phenoxy) is 2. The van der Waals surface area contributed by atoms with E-state index < -0.39 is 0 Å². The minimum atomic E-state index is 0.774. The number of hydrogen-bond acceptors (Lipinski definition) is 2. The molecule has 0 bridgehead atoms. The molecule has 0 aliphatic carbocycles. The molecule has 0 saturated carbocycles. The third kappa shape index (κ3) is 33.9. The summed E-state index contributed by atoms with van der Waals surface area (Å²) in [5.74, 6) is 0. The first-order valence-electron chi connectivity index (χ1n) is 17.1. The van der Waals surface area contributed by atoms with Crippen molar-refractivity contribution >= 4 is 0 Å². The normalized spacial score (nSPS) is 11.5. The highest BCUT2D eigenvalue weighted by molar-refractivity contribution is 4.51. The van der Waals surface area contributed by atoms with Crippen LogP contribution in [0.25, 0.3) is 0 Å². The molecule has 0 radical (unpaired) electrons. The molecule has 0 aromatic rings. The number of rotatable bonds is 33. The van der Waals surface area contributed by atoms with E-state index in [1.807, 2.05) is 0 Å². The van der Waals surface area contributed by atoms with Gasteiger partial charge in [-0.25, -0.2) is 0 Å². The van der Waals surface area contributed by atoms with Crippen LogP contribution in [-0.4, -0.2) is 26.4 Å². The van der Waals surface area contributed by atoms with Gasteiger partial charge in [-0.1, -0.05) is 181 Å². The van der Waals surface area contributed by atoms with Crippen molar-refractivity contribution in [1.82, 2.24) is 0 Å². The van der Waals surface area contributed by atoms with Gasteiger partial charge in [0.1, 0.15) is 0 Å². The lowest BCUT2D eigenvalue weighted by atomic mass is 10.0. The Balaban J connectivity index is 3.00. The van der Waals surface area contributed by atoms with Crippen LogP contribution in [-0.2, 0) is 9.47 Å². The Hall–Kier alpha value is -0.0800. The molecule has 2 heteroatoms. The van der Waals surface area contributed by atoms with Gasteiger partial charge in [0.05, 0.1) is 13.2 Å². The van der Waals surface area contributed by atoms with Crippen LogP contribution in [0.4, 0.5) is 0 Å². The van der Waals surface area contributed by atoms with Gasteiger partial charge in [-0.3, -0.25) is 0 Å². The van der Waals surface area contributed by atoms with Crippen LogP contribution < -0.4 is 0 Å². The van der Waals surface area contributed by atoms with Gasteiger partial charge in [0.2, 0.25) is 0 Å². The van der Waals surface area contributed by atoms with Crippen molar-refractivity contribution in [3.05, 3.63) is 0 Å². The van der Waals surface area contributed by atoms with E-state index in [4.69, 9.17) is 9.47 Å². The van der Waals surface area contributed by atoms with Gasteiger partial charge < -0.3 is 9.47 Å². The highest BCUT2D eigenvalue weighted by atomic mass is 16.5. The van der Waals surface area contributed by atoms with E-state index >= 15 is 0 Å². The van der Waals surface area contributed by atoms with Gasteiger partial charge in [0.15, 0.2) is 0 Å². The Kier molecular flexibility index (Phi) is 34.8. The molecule has 0 atom stereocenters. The largest absolute Gasteiger partial charge is 0.379 e. The summed E-state index contributed by atoms with van der Waals surface area (Å²) in [6.07, 6.45) is 39.6. The van der Waals surface area contributed by atoms with E-state index in [1.165, 1.54) is 180 Å². The van der Waals surface area contributed by atoms with Crippen LogP contribution in [0.3, 0.4) is 0 Å². The smallest absolute Gasteiger partial charge is 0.0700 e. The van der Waals surface area contributed by atoms with E-state index in [-0.39, 0.29) is 0 Å². The number of unbranched alkanes of at least 4 members (excludes halogenated alkanes) is 26. The van der Waals surface area contributed by atoms with Gasteiger partial charge in [-0.05, 0) is 12.8 Å². The molecule has 218 valence electrons. The summed E-state index contributed by atoms with van der Waals surface area (Å²) >= 11 is 0. The van der Waals surface area contributed by atoms with Crippen molar-refractivity contribution < 1.29 is 9.47 Å². The standard InChI is InChI=1S/C34H70O2/c1-3-5-7-9-11-13-15-16-17-18-19-20-21-22-24-26-28-30-32-36-34-33-35-31-29-27-25-23-14-12-10-8-6-4-2/h3-34H2,1-2H3. The summed E-state index contributed by atoms with van der Waals surface area (Å²) < 4.78 is 11.5. The molecule has 0 aromatic heterocycles. The Morgan fingerprint density at radius 3 is 0.639 bits per heavy atom. The minimum Gasteiger partial charge on any atom is -0.379 e. The summed E-state index contributed by atoms with van der Waals surface area (Å²) in [4.78, 5) is 0. The molecule has 0 aliphatic heterocycles. The fourth-order valence-corrected chi connectivity index (χ4v) is 5.12. The molecule has 0 N–H and O–H groups in total. The van der Waals surface area contributed by atoms with Gasteiger partial charge in [0.25, 0.3) is 0 Å². The molecule has 36 heavy (non-hydrogen) atoms. The van der Waals surface area contributed by atoms with Gasteiger partial charge in [-0.15, -0.1) is 0 Å². The Morgan fingerprint density at radius 1 is 0.222 bits per heavy atom. The van der Waals surface area contributed by atoms with Gasteiger partial charge >= 0.3 is 0 Å². The fraction of sp³-hybridized carbons (Fsp3) is 1.00. The van der Waals surface area contributed by atoms with Crippen molar-refractivity contribution in [2.75, 3.05) is 26.4 Å². The van der Waals surface area contributed by atoms with Crippen LogP contribution in [0, 0.1) is 0 Å². The maximum absolute atomic E-state index is 5.74. The summed E-state index contributed by atoms with van der Waals surface area (Å²) in [5.41, 5.74) is 0. The van der Waals surface area contributed by atoms with E-state index in [1.54, 1.807) is 0 Å². The van der Waals surface area contributed by atoms with Crippen molar-refractivity contribution in [2.24, 2.45) is 0 Å². The molecule has 0 saturated heterocycles. The monoisotopic (exact) mass is 511 g/mol. The SMILES string of the molecule is CCCCCCCCCCCCCCCCCCCCOCCOCCCCCCCCCCCC. The third-order valence-corrected chi connectivity index (χ3v) is 7.66. The van der Waals surface area contributed by atoms with Crippen LogP contribution in [0.5, 0.6) is 0 Å². The van der Waals surface area contributed by atoms with E-state index in [0.29, 0.717) is 0 Å². The summed E-state index contributed by atoms with van der Waals surface area (Å²) in [7, 11) is 0. The van der Waals surface area contributed by atoms with Crippen LogP contribution in [0.1, 0.15) is 194 Å². The van der Waals surface area contributed by atoms with E-state index in [2.05, 4.69) is 13.8 Å². The second-order valence-electron chi connectivity index (χ2n) is 11.4. The molecular weight excluding hydrogens is 440 g/mol. The lowest BCUT2D eigenvalue weighted by molar-refractivity contribution is 0.0448. The second-order valence-corrected chi connectivity index (χ2v) is 11.4. The maximum Gasteiger partial charge on any atom is 0.0700 e. The second kappa shape index (κ2) is 34.9. The molecule has 0 fully saturated rings. The molecule has 0 aromatic carbocycles. The van der Waals surface area contributed by atoms with Gasteiger partial charge in [0, 0.05) is 13.2 Å². The lowest BCUT2D eigenvalue weighted by Crippen LogP contribution is -2.06. The molecule has 0 unspecified atom stereocenters. The molecule has 0 rings (SSSR count). The zero-order valence-corrected chi connectivity index (χ0v) is 25.4. The summed E-state index contributed by atoms with van der Waals surface area (Å²) in [6, 6.07) is 0. The first kappa shape index (κ1) is 35.9. The van der Waals surface area contributed by atoms with Gasteiger partial charge in [-0.2, -0.15) is 0 Å². The lowest BCUT2D eigenvalue weighted by Gasteiger charge is -2.06.